The molecule has 0 saturated heterocycles. The van der Waals surface area contributed by atoms with Crippen LogP contribution in [0.25, 0.3) is 0 Å². The maximum atomic E-state index is 13.3. The van der Waals surface area contributed by atoms with Crippen LogP contribution in [-0.4, -0.2) is 91.7 Å². The number of rotatable bonds is 27. The molecule has 678 valence electrons. The van der Waals surface area contributed by atoms with Gasteiger partial charge in [-0.05, 0) is 215 Å². The maximum Gasteiger partial charge on any atom is 0.261 e. The number of benzene rings is 14. The topological polar surface area (TPSA) is 315 Å². The highest BCUT2D eigenvalue weighted by atomic mass is 79.9. The Hall–Kier alpha value is -13.2. The molecular formula is C102H86BrCl4N7O14S5. The molecule has 0 aliphatic heterocycles. The molecule has 0 bridgehead atoms. The number of sulfonamides is 4. The lowest BCUT2D eigenvalue weighted by Crippen LogP contribution is -2.16. The number of halogens is 5. The molecule has 0 aliphatic carbocycles. The van der Waals surface area contributed by atoms with Gasteiger partial charge in [-0.1, -0.05) is 256 Å². The second-order valence-corrected chi connectivity index (χ2v) is 41.2. The third-order valence-corrected chi connectivity index (χ3v) is 28.4. The normalized spacial score (nSPS) is 11.5. The largest absolute Gasteiger partial charge is 0.378 e. The molecule has 0 saturated carbocycles. The van der Waals surface area contributed by atoms with E-state index < -0.39 is 49.8 Å². The van der Waals surface area contributed by atoms with Crippen LogP contribution in [0, 0.1) is 20.8 Å². The number of hydrogen-bond acceptors (Lipinski definition) is 16. The second-order valence-electron chi connectivity index (χ2n) is 29.8. The Kier molecular flexibility index (Phi) is 34.2. The van der Waals surface area contributed by atoms with E-state index in [9.17, 15) is 61.9 Å². The average molecular weight is 2020 g/mol. The zero-order chi connectivity index (χ0) is 96.0. The van der Waals surface area contributed by atoms with E-state index in [0.717, 1.165) is 34.4 Å². The summed E-state index contributed by atoms with van der Waals surface area (Å²) in [7, 11) is -14.3. The molecule has 0 fully saturated rings. The van der Waals surface area contributed by atoms with Gasteiger partial charge < -0.3 is 9.62 Å². The maximum absolute atomic E-state index is 13.3. The van der Waals surface area contributed by atoms with E-state index in [1.54, 1.807) is 237 Å². The van der Waals surface area contributed by atoms with E-state index in [1.165, 1.54) is 97.2 Å². The average Bonchev–Trinajstić information content (AvgIpc) is 0.829. The lowest BCUT2D eigenvalue weighted by Gasteiger charge is -2.18. The molecule has 21 nitrogen and oxygen atoms in total. The van der Waals surface area contributed by atoms with E-state index in [4.69, 9.17) is 46.4 Å². The Bertz CT molecular complexity index is 6930. The van der Waals surface area contributed by atoms with Crippen molar-refractivity contribution in [3.63, 3.8) is 0 Å². The first-order chi connectivity index (χ1) is 63.3. The van der Waals surface area contributed by atoms with Gasteiger partial charge in [0.05, 0.1) is 57.7 Å². The fraction of sp³-hybridized carbons (Fsp3) is 0.0686. The van der Waals surface area contributed by atoms with Crippen molar-refractivity contribution in [3.05, 3.63) is 461 Å². The van der Waals surface area contributed by atoms with Crippen molar-refractivity contribution in [2.75, 3.05) is 42.6 Å². The second kappa shape index (κ2) is 45.3. The third kappa shape index (κ3) is 27.5. The summed E-state index contributed by atoms with van der Waals surface area (Å²) in [6, 6.07) is 94.7. The summed E-state index contributed by atoms with van der Waals surface area (Å²) in [5.41, 5.74) is 9.52. The van der Waals surface area contributed by atoms with Crippen LogP contribution >= 0.6 is 62.3 Å². The molecule has 0 amide bonds. The van der Waals surface area contributed by atoms with Crippen LogP contribution in [0.15, 0.2) is 387 Å². The Morgan fingerprint density at radius 1 is 0.316 bits per heavy atom. The van der Waals surface area contributed by atoms with Gasteiger partial charge in [0, 0.05) is 117 Å². The molecule has 5 N–H and O–H groups in total. The summed E-state index contributed by atoms with van der Waals surface area (Å²) in [6.07, 6.45) is 3.79. The molecule has 0 aliphatic rings. The number of ketones is 5. The summed E-state index contributed by atoms with van der Waals surface area (Å²) in [4.78, 5) is 71.1. The van der Waals surface area contributed by atoms with Gasteiger partial charge in [0.15, 0.2) is 28.9 Å². The number of pyridine rings is 1. The Labute approximate surface area is 802 Å². The summed E-state index contributed by atoms with van der Waals surface area (Å²) >= 11 is 27.5. The first-order valence-electron chi connectivity index (χ1n) is 40.4. The van der Waals surface area contributed by atoms with Crippen LogP contribution < -0.4 is 28.5 Å². The van der Waals surface area contributed by atoms with E-state index in [0.29, 0.717) is 68.5 Å². The number of aryl methyl sites for hydroxylation is 4. The van der Waals surface area contributed by atoms with Crippen LogP contribution in [0.2, 0.25) is 20.1 Å². The minimum atomic E-state index is -3.85. The molecular weight excluding hydrogens is 1930 g/mol. The van der Waals surface area contributed by atoms with Gasteiger partial charge >= 0.3 is 0 Å². The highest BCUT2D eigenvalue weighted by Gasteiger charge is 2.27. The van der Waals surface area contributed by atoms with E-state index in [1.807, 2.05) is 71.0 Å². The first-order valence-corrected chi connectivity index (χ1v) is 50.4. The predicted molar refractivity (Wildman–Crippen MR) is 538 cm³/mol. The first kappa shape index (κ1) is 100. The molecule has 133 heavy (non-hydrogen) atoms. The minimum absolute atomic E-state index is 0.120. The molecule has 1 aromatic heterocycles. The molecule has 14 aromatic carbocycles. The highest BCUT2D eigenvalue weighted by molar-refractivity contribution is 9.10. The van der Waals surface area contributed by atoms with Gasteiger partial charge in [-0.15, -0.1) is 0 Å². The number of hydrogen-bond donors (Lipinski definition) is 5. The van der Waals surface area contributed by atoms with Gasteiger partial charge in [-0.2, -0.15) is 0 Å². The van der Waals surface area contributed by atoms with Gasteiger partial charge in [0.2, 0.25) is 0 Å². The highest BCUT2D eigenvalue weighted by Crippen LogP contribution is 2.34. The van der Waals surface area contributed by atoms with Gasteiger partial charge in [0.25, 0.3) is 40.1 Å². The quantitative estimate of drug-likeness (QED) is 0.0236. The summed E-state index contributed by atoms with van der Waals surface area (Å²) in [5, 5.41) is 1.46. The van der Waals surface area contributed by atoms with Crippen molar-refractivity contribution in [1.82, 2.24) is 4.98 Å². The molecule has 0 radical (unpaired) electrons. The summed E-state index contributed by atoms with van der Waals surface area (Å²) in [5.74, 6) is 2.41. The van der Waals surface area contributed by atoms with Crippen molar-refractivity contribution in [2.45, 2.75) is 58.6 Å². The smallest absolute Gasteiger partial charge is 0.261 e. The lowest BCUT2D eigenvalue weighted by atomic mass is 10.0. The zero-order valence-electron chi connectivity index (χ0n) is 72.0. The van der Waals surface area contributed by atoms with Crippen LogP contribution in [0.4, 0.5) is 34.1 Å². The van der Waals surface area contributed by atoms with Crippen LogP contribution in [-0.2, 0) is 56.2 Å². The number of carbonyl (C=O) groups excluding carboxylic acids is 5. The number of aromatic nitrogens is 1. The molecule has 15 aromatic rings. The number of nitrogens with one attached hydrogen (secondary N) is 5. The Morgan fingerprint density at radius 3 is 0.850 bits per heavy atom. The monoisotopic (exact) mass is 2010 g/mol. The van der Waals surface area contributed by atoms with Crippen molar-refractivity contribution in [3.8, 4) is 0 Å². The predicted octanol–water partition coefficient (Wildman–Crippen LogP) is 23.2. The molecule has 0 spiro atoms. The molecule has 15 rings (SSSR count). The number of nitrogens with zero attached hydrogens (tertiary/aromatic N) is 2. The summed E-state index contributed by atoms with van der Waals surface area (Å²) in [6.45, 7) is 7.63. The van der Waals surface area contributed by atoms with Crippen LogP contribution in [0.5, 0.6) is 0 Å². The zero-order valence-corrected chi connectivity index (χ0v) is 80.7. The molecule has 31 heteroatoms. The van der Waals surface area contributed by atoms with Gasteiger partial charge in [-0.3, -0.25) is 47.8 Å². The summed E-state index contributed by atoms with van der Waals surface area (Å²) < 4.78 is 128. The van der Waals surface area contributed by atoms with E-state index in [-0.39, 0.29) is 93.5 Å². The van der Waals surface area contributed by atoms with Crippen molar-refractivity contribution < 1.29 is 61.9 Å². The van der Waals surface area contributed by atoms with Crippen LogP contribution in [0.1, 0.15) is 109 Å². The number of anilines is 6. The van der Waals surface area contributed by atoms with E-state index in [2.05, 4.69) is 50.4 Å². The number of carbonyl (C=O) groups is 5. The molecule has 1 unspecified atom stereocenters. The van der Waals surface area contributed by atoms with Crippen LogP contribution in [0.3, 0.4) is 0 Å². The van der Waals surface area contributed by atoms with Gasteiger partial charge in [-0.25, -0.2) is 37.9 Å². The fourth-order valence-electron chi connectivity index (χ4n) is 12.7. The Balaban J connectivity index is 0.000000160. The fourth-order valence-corrected chi connectivity index (χ4v) is 19.3. The third-order valence-electron chi connectivity index (χ3n) is 19.8. The van der Waals surface area contributed by atoms with Crippen molar-refractivity contribution in [2.24, 2.45) is 0 Å². The lowest BCUT2D eigenvalue weighted by molar-refractivity contribution is 0.103. The SMILES string of the molecule is C=S(=O)(Nc1ccc(Cl)cc1C(=O)c1ccccc1)c1ccc(N(C)C)cc1.CCc1ccc(S(=O)(=O)Nc2ccc(Cl)cc2C(=O)c2cccnc2)cc1.Cc1ccc(S(=O)(=O)Nc2ccc(Br)cc2C(=O)c2ccccc2)cc1.Cc1ccc(S(=O)(=O)Nc2ccc(Cl)cc2C(=O)c2ccccc2)cc1.Cc1ccc(S(=O)(=O)Nc2ccc(Cl)cc2C(=O)c2ccccc2)cc1. The standard InChI is InChI=1S/C22H21ClN2O2S.C20H16BrNO3S.C20H17ClN2O3S.2C20H16ClNO3S/c1-25(2)18-10-12-19(13-11-18)28(3,27)24-21-14-9-17(23)15-20(21)22(26)16-7-5-4-6-8-16;1-14-7-10-17(11-8-14)26(24,25)22-19-12-9-16(21)13-18(19)20(23)15-5-3-2-4-6-15;1-2-14-5-8-17(9-6-14)27(25,26)23-19-10-7-16(21)12-18(19)20(24)15-4-3-11-22-13-15;2*1-14-7-10-17(11-8-14)26(24,25)22-19-12-9-16(21)13-18(19)20(23)15-5-3-2-4-6-15/h4-15H,3H2,1-2H3,(H,24,27);2-13,22H,1H3;3-13,23H,2H2,1H3;2*2-13,22H,1H3. The van der Waals surface area contributed by atoms with Crippen molar-refractivity contribution in [1.29, 1.82) is 0 Å². The molecule has 1 atom stereocenters. The Morgan fingerprint density at radius 2 is 0.571 bits per heavy atom. The minimum Gasteiger partial charge on any atom is -0.378 e. The van der Waals surface area contributed by atoms with Crippen molar-refractivity contribution >= 4 is 181 Å². The molecule has 1 heterocycles. The van der Waals surface area contributed by atoms with E-state index >= 15 is 0 Å². The van der Waals surface area contributed by atoms with Gasteiger partial charge in [0.1, 0.15) is 0 Å².